The van der Waals surface area contributed by atoms with Crippen molar-refractivity contribution >= 4 is 0 Å². The highest BCUT2D eigenvalue weighted by Gasteiger charge is 2.19. The molecule has 4 aromatic rings. The minimum Gasteiger partial charge on any atom is -0.208 e. The molecular weight excluding hydrogens is 461 g/mol. The minimum absolute atomic E-state index is 0.00173. The molecule has 1 aromatic heterocycles. The monoisotopic (exact) mass is 489 g/mol. The van der Waals surface area contributed by atoms with Gasteiger partial charge in [0.05, 0.1) is 11.1 Å². The fourth-order valence-electron chi connectivity index (χ4n) is 3.92. The van der Waals surface area contributed by atoms with Crippen molar-refractivity contribution in [1.29, 1.82) is 10.5 Å². The Kier molecular flexibility index (Phi) is 6.63. The Morgan fingerprint density at radius 2 is 0.892 bits per heavy atom. The molecule has 6 heteroatoms. The maximum atomic E-state index is 14.4. The van der Waals surface area contributed by atoms with Crippen LogP contribution in [0.2, 0.25) is 0 Å². The van der Waals surface area contributed by atoms with Crippen LogP contribution in [-0.2, 0) is 10.8 Å². The van der Waals surface area contributed by atoms with Crippen LogP contribution in [0.4, 0.5) is 4.39 Å². The SMILES string of the molecule is CC(C)(C)c1ccc(-c2nc(-c3ccc(C(C)(C)C)cc3)nc(-c3cc(C#N)c(F)c(C#N)c3)n2)cc1. The van der Waals surface area contributed by atoms with Crippen molar-refractivity contribution in [2.24, 2.45) is 0 Å². The van der Waals surface area contributed by atoms with Gasteiger partial charge in [-0.05, 0) is 34.1 Å². The number of hydrogen-bond donors (Lipinski definition) is 0. The summed E-state index contributed by atoms with van der Waals surface area (Å²) in [6, 6.07) is 22.5. The average molecular weight is 490 g/mol. The molecule has 0 aliphatic heterocycles. The highest BCUT2D eigenvalue weighted by molar-refractivity contribution is 5.68. The van der Waals surface area contributed by atoms with E-state index < -0.39 is 5.82 Å². The van der Waals surface area contributed by atoms with Gasteiger partial charge >= 0.3 is 0 Å². The molecule has 0 saturated carbocycles. The standard InChI is InChI=1S/C31H28FN5/c1-30(2,3)24-11-7-19(8-12-24)27-35-28(20-9-13-25(14-10-20)31(4,5)6)37-29(36-27)21-15-22(17-33)26(32)23(16-21)18-34/h7-16H,1-6H3. The molecule has 0 saturated heterocycles. The van der Waals surface area contributed by atoms with Gasteiger partial charge in [0, 0.05) is 16.7 Å². The molecule has 0 radical (unpaired) electrons. The van der Waals surface area contributed by atoms with E-state index in [4.69, 9.17) is 4.98 Å². The topological polar surface area (TPSA) is 86.2 Å². The van der Waals surface area contributed by atoms with E-state index in [0.29, 0.717) is 17.2 Å². The van der Waals surface area contributed by atoms with E-state index in [1.54, 1.807) is 0 Å². The van der Waals surface area contributed by atoms with Gasteiger partial charge in [-0.2, -0.15) is 10.5 Å². The molecule has 4 rings (SSSR count). The lowest BCUT2D eigenvalue weighted by atomic mass is 9.86. The summed E-state index contributed by atoms with van der Waals surface area (Å²) < 4.78 is 14.4. The maximum Gasteiger partial charge on any atom is 0.164 e. The summed E-state index contributed by atoms with van der Waals surface area (Å²) in [4.78, 5) is 14.1. The summed E-state index contributed by atoms with van der Waals surface area (Å²) in [5.41, 5.74) is 3.86. The number of halogens is 1. The summed E-state index contributed by atoms with van der Waals surface area (Å²) in [5, 5.41) is 18.8. The van der Waals surface area contributed by atoms with Gasteiger partial charge < -0.3 is 0 Å². The second kappa shape index (κ2) is 9.56. The van der Waals surface area contributed by atoms with Crippen molar-refractivity contribution in [3.8, 4) is 46.3 Å². The largest absolute Gasteiger partial charge is 0.208 e. The molecule has 1 heterocycles. The molecule has 0 atom stereocenters. The first kappa shape index (κ1) is 25.7. The highest BCUT2D eigenvalue weighted by atomic mass is 19.1. The lowest BCUT2D eigenvalue weighted by Gasteiger charge is -2.19. The number of aromatic nitrogens is 3. The zero-order valence-corrected chi connectivity index (χ0v) is 21.9. The molecule has 3 aromatic carbocycles. The zero-order chi connectivity index (χ0) is 27.0. The van der Waals surface area contributed by atoms with Crippen LogP contribution >= 0.6 is 0 Å². The molecule has 0 aliphatic carbocycles. The van der Waals surface area contributed by atoms with Crippen molar-refractivity contribution < 1.29 is 4.39 Å². The molecule has 0 bridgehead atoms. The van der Waals surface area contributed by atoms with E-state index in [1.807, 2.05) is 36.4 Å². The van der Waals surface area contributed by atoms with Crippen LogP contribution in [0, 0.1) is 28.5 Å². The predicted octanol–water partition coefficient (Wildman–Crippen LogP) is 7.35. The first-order valence-electron chi connectivity index (χ1n) is 12.0. The summed E-state index contributed by atoms with van der Waals surface area (Å²) in [5.74, 6) is 0.301. The number of rotatable bonds is 3. The molecule has 0 spiro atoms. The van der Waals surface area contributed by atoms with E-state index in [-0.39, 0.29) is 27.8 Å². The van der Waals surface area contributed by atoms with Gasteiger partial charge in [0.1, 0.15) is 12.1 Å². The second-order valence-electron chi connectivity index (χ2n) is 11.1. The van der Waals surface area contributed by atoms with Gasteiger partial charge in [-0.15, -0.1) is 0 Å². The minimum atomic E-state index is -0.848. The Labute approximate surface area is 217 Å². The van der Waals surface area contributed by atoms with Crippen LogP contribution < -0.4 is 0 Å². The summed E-state index contributed by atoms with van der Waals surface area (Å²) in [6.45, 7) is 12.9. The Balaban J connectivity index is 1.92. The van der Waals surface area contributed by atoms with Gasteiger partial charge in [0.15, 0.2) is 23.3 Å². The summed E-state index contributed by atoms with van der Waals surface area (Å²) >= 11 is 0. The first-order valence-corrected chi connectivity index (χ1v) is 12.0. The number of nitrogens with zero attached hydrogens (tertiary/aromatic N) is 5. The number of benzene rings is 3. The van der Waals surface area contributed by atoms with E-state index in [9.17, 15) is 14.9 Å². The Morgan fingerprint density at radius 1 is 0.568 bits per heavy atom. The summed E-state index contributed by atoms with van der Waals surface area (Å²) in [7, 11) is 0. The smallest absolute Gasteiger partial charge is 0.164 e. The lowest BCUT2D eigenvalue weighted by molar-refractivity contribution is 0.590. The molecule has 0 fully saturated rings. The van der Waals surface area contributed by atoms with Crippen LogP contribution in [0.3, 0.4) is 0 Å². The molecule has 0 N–H and O–H groups in total. The van der Waals surface area contributed by atoms with Gasteiger partial charge in [-0.1, -0.05) is 90.1 Å². The quantitative estimate of drug-likeness (QED) is 0.300. The van der Waals surface area contributed by atoms with Gasteiger partial charge in [-0.25, -0.2) is 19.3 Å². The third kappa shape index (κ3) is 5.39. The van der Waals surface area contributed by atoms with Crippen molar-refractivity contribution in [3.05, 3.63) is 88.7 Å². The fraction of sp³-hybridized carbons (Fsp3) is 0.258. The Bertz CT molecular complexity index is 1430. The second-order valence-corrected chi connectivity index (χ2v) is 11.1. The Hall–Kier alpha value is -4.42. The molecule has 5 nitrogen and oxygen atoms in total. The molecule has 0 aliphatic rings. The summed E-state index contributed by atoms with van der Waals surface area (Å²) in [6.07, 6.45) is 0. The number of nitriles is 2. The molecule has 184 valence electrons. The normalized spacial score (nSPS) is 11.6. The van der Waals surface area contributed by atoms with E-state index >= 15 is 0 Å². The van der Waals surface area contributed by atoms with E-state index in [0.717, 1.165) is 11.1 Å². The molecule has 37 heavy (non-hydrogen) atoms. The van der Waals surface area contributed by atoms with Crippen LogP contribution in [-0.4, -0.2) is 15.0 Å². The van der Waals surface area contributed by atoms with Crippen molar-refractivity contribution in [1.82, 2.24) is 15.0 Å². The highest BCUT2D eigenvalue weighted by Crippen LogP contribution is 2.30. The van der Waals surface area contributed by atoms with Crippen LogP contribution in [0.15, 0.2) is 60.7 Å². The lowest BCUT2D eigenvalue weighted by Crippen LogP contribution is -2.11. The Morgan fingerprint density at radius 3 is 1.19 bits per heavy atom. The van der Waals surface area contributed by atoms with Crippen LogP contribution in [0.5, 0.6) is 0 Å². The van der Waals surface area contributed by atoms with Crippen LogP contribution in [0.1, 0.15) is 63.8 Å². The molecule has 0 amide bonds. The average Bonchev–Trinajstić information content (AvgIpc) is 2.87. The fourth-order valence-corrected chi connectivity index (χ4v) is 3.92. The van der Waals surface area contributed by atoms with E-state index in [1.165, 1.54) is 23.3 Å². The van der Waals surface area contributed by atoms with Crippen molar-refractivity contribution in [2.45, 2.75) is 52.4 Å². The van der Waals surface area contributed by atoms with Crippen LogP contribution in [0.25, 0.3) is 34.2 Å². The number of hydrogen-bond acceptors (Lipinski definition) is 5. The third-order valence-electron chi connectivity index (χ3n) is 6.23. The van der Waals surface area contributed by atoms with Gasteiger partial charge in [0.25, 0.3) is 0 Å². The molecular formula is C31H28FN5. The maximum absolute atomic E-state index is 14.4. The van der Waals surface area contributed by atoms with Crippen molar-refractivity contribution in [3.63, 3.8) is 0 Å². The molecule has 0 unspecified atom stereocenters. The third-order valence-corrected chi connectivity index (χ3v) is 6.23. The van der Waals surface area contributed by atoms with Crippen molar-refractivity contribution in [2.75, 3.05) is 0 Å². The predicted molar refractivity (Wildman–Crippen MR) is 143 cm³/mol. The zero-order valence-electron chi connectivity index (χ0n) is 21.9. The van der Waals surface area contributed by atoms with Gasteiger partial charge in [0.2, 0.25) is 0 Å². The van der Waals surface area contributed by atoms with E-state index in [2.05, 4.69) is 75.8 Å². The van der Waals surface area contributed by atoms with Gasteiger partial charge in [-0.3, -0.25) is 0 Å². The first-order chi connectivity index (χ1) is 17.4.